The highest BCUT2D eigenvalue weighted by molar-refractivity contribution is 5.60. The number of hydrogen-bond acceptors (Lipinski definition) is 5. The van der Waals surface area contributed by atoms with E-state index in [0.29, 0.717) is 0 Å². The van der Waals surface area contributed by atoms with Crippen LogP contribution in [0.5, 0.6) is 0 Å². The van der Waals surface area contributed by atoms with Crippen molar-refractivity contribution in [2.75, 3.05) is 23.3 Å². The lowest BCUT2D eigenvalue weighted by atomic mass is 10.1. The van der Waals surface area contributed by atoms with Crippen LogP contribution in [0.2, 0.25) is 0 Å². The van der Waals surface area contributed by atoms with Crippen molar-refractivity contribution in [3.63, 3.8) is 0 Å². The van der Waals surface area contributed by atoms with E-state index < -0.39 is 0 Å². The van der Waals surface area contributed by atoms with Crippen molar-refractivity contribution >= 4 is 17.5 Å². The topological polar surface area (TPSA) is 53.9 Å². The minimum absolute atomic E-state index is 0.726. The van der Waals surface area contributed by atoms with Gasteiger partial charge in [-0.05, 0) is 44.7 Å². The van der Waals surface area contributed by atoms with Gasteiger partial charge in [0.1, 0.15) is 0 Å². The van der Waals surface area contributed by atoms with Crippen molar-refractivity contribution in [2.24, 2.45) is 0 Å². The van der Waals surface area contributed by atoms with Gasteiger partial charge in [-0.3, -0.25) is 0 Å². The maximum Gasteiger partial charge on any atom is 0.247 e. The molecule has 21 heavy (non-hydrogen) atoms. The minimum Gasteiger partial charge on any atom is -0.339 e. The van der Waals surface area contributed by atoms with E-state index in [0.717, 1.165) is 30.5 Å². The van der Waals surface area contributed by atoms with E-state index in [4.69, 9.17) is 0 Å². The molecule has 1 aliphatic rings. The molecule has 0 radical (unpaired) electrons. The summed E-state index contributed by atoms with van der Waals surface area (Å²) in [6.07, 6.45) is 5.38. The second kappa shape index (κ2) is 6.08. The molecule has 5 heteroatoms. The van der Waals surface area contributed by atoms with Gasteiger partial charge in [0.25, 0.3) is 0 Å². The van der Waals surface area contributed by atoms with Crippen LogP contribution in [0.4, 0.5) is 17.5 Å². The van der Waals surface area contributed by atoms with Crippen LogP contribution in [0, 0.1) is 13.8 Å². The van der Waals surface area contributed by atoms with Crippen molar-refractivity contribution in [2.45, 2.75) is 33.1 Å². The highest BCUT2D eigenvalue weighted by Gasteiger charge is 2.14. The molecule has 0 amide bonds. The van der Waals surface area contributed by atoms with E-state index in [1.54, 1.807) is 6.20 Å². The lowest BCUT2D eigenvalue weighted by Gasteiger charge is -2.26. The molecule has 0 spiro atoms. The van der Waals surface area contributed by atoms with Crippen LogP contribution in [0.3, 0.4) is 0 Å². The molecule has 1 aliphatic heterocycles. The summed E-state index contributed by atoms with van der Waals surface area (Å²) in [6.45, 7) is 6.23. The van der Waals surface area contributed by atoms with Crippen LogP contribution in [-0.4, -0.2) is 28.3 Å². The molecule has 0 aliphatic carbocycles. The van der Waals surface area contributed by atoms with Gasteiger partial charge >= 0.3 is 0 Å². The van der Waals surface area contributed by atoms with Crippen LogP contribution in [-0.2, 0) is 0 Å². The maximum atomic E-state index is 4.60. The largest absolute Gasteiger partial charge is 0.339 e. The number of hydrogen-bond donors (Lipinski definition) is 1. The molecule has 0 saturated carbocycles. The van der Waals surface area contributed by atoms with E-state index in [9.17, 15) is 0 Å². The number of nitrogens with one attached hydrogen (secondary N) is 1. The van der Waals surface area contributed by atoms with Gasteiger partial charge in [0, 0.05) is 18.8 Å². The Kier molecular flexibility index (Phi) is 3.99. The standard InChI is InChI=1S/C16H21N5/c1-12-6-7-14(13(2)10-12)18-15-11-17-20-16(19-15)21-8-4-3-5-9-21/h6-7,10-11H,3-5,8-9H2,1-2H3,(H,18,19,20). The van der Waals surface area contributed by atoms with E-state index in [2.05, 4.69) is 57.4 Å². The summed E-state index contributed by atoms with van der Waals surface area (Å²) < 4.78 is 0. The van der Waals surface area contributed by atoms with E-state index in [-0.39, 0.29) is 0 Å². The zero-order valence-electron chi connectivity index (χ0n) is 12.6. The molecule has 0 atom stereocenters. The van der Waals surface area contributed by atoms with Crippen LogP contribution in [0.15, 0.2) is 24.4 Å². The fraction of sp³-hybridized carbons (Fsp3) is 0.438. The average molecular weight is 283 g/mol. The number of aryl methyl sites for hydroxylation is 2. The first-order valence-electron chi connectivity index (χ1n) is 7.51. The summed E-state index contributed by atoms with van der Waals surface area (Å²) in [5.41, 5.74) is 3.52. The Hall–Kier alpha value is -2.17. The highest BCUT2D eigenvalue weighted by Crippen LogP contribution is 2.21. The Morgan fingerprint density at radius 3 is 2.67 bits per heavy atom. The molecule has 0 bridgehead atoms. The molecule has 1 aromatic heterocycles. The quantitative estimate of drug-likeness (QED) is 0.937. The molecule has 110 valence electrons. The van der Waals surface area contributed by atoms with Crippen LogP contribution >= 0.6 is 0 Å². The van der Waals surface area contributed by atoms with Crippen molar-refractivity contribution in [1.29, 1.82) is 0 Å². The maximum absolute atomic E-state index is 4.60. The summed E-state index contributed by atoms with van der Waals surface area (Å²) in [5, 5.41) is 11.6. The molecule has 1 aromatic carbocycles. The smallest absolute Gasteiger partial charge is 0.247 e. The molecule has 1 saturated heterocycles. The number of anilines is 3. The lowest BCUT2D eigenvalue weighted by Crippen LogP contribution is -2.31. The number of aromatic nitrogens is 3. The second-order valence-corrected chi connectivity index (χ2v) is 5.63. The second-order valence-electron chi connectivity index (χ2n) is 5.63. The number of benzene rings is 1. The SMILES string of the molecule is Cc1ccc(Nc2cnnc(N3CCCCC3)n2)c(C)c1. The molecule has 2 aromatic rings. The summed E-state index contributed by atoms with van der Waals surface area (Å²) in [4.78, 5) is 6.81. The Balaban J connectivity index is 1.79. The number of nitrogens with zero attached hydrogens (tertiary/aromatic N) is 4. The molecular formula is C16H21N5. The van der Waals surface area contributed by atoms with Crippen molar-refractivity contribution in [3.8, 4) is 0 Å². The normalized spacial score (nSPS) is 15.0. The van der Waals surface area contributed by atoms with Gasteiger partial charge in [0.15, 0.2) is 5.82 Å². The van der Waals surface area contributed by atoms with Crippen LogP contribution < -0.4 is 10.2 Å². The van der Waals surface area contributed by atoms with Crippen molar-refractivity contribution in [3.05, 3.63) is 35.5 Å². The summed E-state index contributed by atoms with van der Waals surface area (Å²) in [5.74, 6) is 1.47. The Bertz CT molecular complexity index is 620. The molecule has 5 nitrogen and oxygen atoms in total. The third kappa shape index (κ3) is 3.29. The monoisotopic (exact) mass is 283 g/mol. The van der Waals surface area contributed by atoms with Gasteiger partial charge < -0.3 is 10.2 Å². The molecule has 2 heterocycles. The molecule has 1 fully saturated rings. The molecular weight excluding hydrogens is 262 g/mol. The first-order chi connectivity index (χ1) is 10.2. The zero-order valence-corrected chi connectivity index (χ0v) is 12.6. The van der Waals surface area contributed by atoms with E-state index in [1.165, 1.54) is 30.4 Å². The molecule has 3 rings (SSSR count). The third-order valence-corrected chi connectivity index (χ3v) is 3.83. The van der Waals surface area contributed by atoms with Gasteiger partial charge in [0.05, 0.1) is 6.20 Å². The van der Waals surface area contributed by atoms with E-state index >= 15 is 0 Å². The van der Waals surface area contributed by atoms with E-state index in [1.807, 2.05) is 0 Å². The average Bonchev–Trinajstić information content (AvgIpc) is 2.51. The van der Waals surface area contributed by atoms with Crippen molar-refractivity contribution in [1.82, 2.24) is 15.2 Å². The number of rotatable bonds is 3. The third-order valence-electron chi connectivity index (χ3n) is 3.83. The fourth-order valence-corrected chi connectivity index (χ4v) is 2.67. The fourth-order valence-electron chi connectivity index (χ4n) is 2.67. The lowest BCUT2D eigenvalue weighted by molar-refractivity contribution is 0.565. The van der Waals surface area contributed by atoms with Gasteiger partial charge in [0.2, 0.25) is 5.95 Å². The zero-order chi connectivity index (χ0) is 14.7. The predicted octanol–water partition coefficient (Wildman–Crippen LogP) is 3.22. The van der Waals surface area contributed by atoms with Crippen LogP contribution in [0.25, 0.3) is 0 Å². The van der Waals surface area contributed by atoms with Gasteiger partial charge in [-0.2, -0.15) is 10.1 Å². The Morgan fingerprint density at radius 1 is 1.10 bits per heavy atom. The summed E-state index contributed by atoms with van der Waals surface area (Å²) in [7, 11) is 0. The summed E-state index contributed by atoms with van der Waals surface area (Å²) in [6, 6.07) is 6.32. The molecule has 1 N–H and O–H groups in total. The highest BCUT2D eigenvalue weighted by atomic mass is 15.3. The minimum atomic E-state index is 0.726. The summed E-state index contributed by atoms with van der Waals surface area (Å²) >= 11 is 0. The first kappa shape index (κ1) is 13.8. The van der Waals surface area contributed by atoms with Crippen molar-refractivity contribution < 1.29 is 0 Å². The predicted molar refractivity (Wildman–Crippen MR) is 85.1 cm³/mol. The van der Waals surface area contributed by atoms with Crippen LogP contribution in [0.1, 0.15) is 30.4 Å². The van der Waals surface area contributed by atoms with Gasteiger partial charge in [-0.25, -0.2) is 0 Å². The number of piperidine rings is 1. The first-order valence-corrected chi connectivity index (χ1v) is 7.51. The van der Waals surface area contributed by atoms with Gasteiger partial charge in [-0.1, -0.05) is 17.7 Å². The van der Waals surface area contributed by atoms with Gasteiger partial charge in [-0.15, -0.1) is 5.10 Å². The molecule has 0 unspecified atom stereocenters. The Labute approximate surface area is 125 Å². The Morgan fingerprint density at radius 2 is 1.90 bits per heavy atom.